The van der Waals surface area contributed by atoms with Crippen LogP contribution in [0.15, 0.2) is 59.1 Å². The number of hydrogen-bond acceptors (Lipinski definition) is 3. The molecule has 0 aliphatic rings. The highest BCUT2D eigenvalue weighted by molar-refractivity contribution is 9.10. The van der Waals surface area contributed by atoms with Crippen LogP contribution < -0.4 is 10.1 Å². The molecule has 0 spiro atoms. The van der Waals surface area contributed by atoms with Gasteiger partial charge in [0, 0.05) is 17.1 Å². The molecule has 0 radical (unpaired) electrons. The molecule has 26 heavy (non-hydrogen) atoms. The standard InChI is InChI=1S/C20H20BrN3O2/c1-14-9-18(24(2)23-14)12-22-20(25)16-6-3-5-15(10-16)13-26-19-8-4-7-17(21)11-19/h3-11H,12-13H2,1-2H3,(H,22,25). The summed E-state index contributed by atoms with van der Waals surface area (Å²) in [6.45, 7) is 2.77. The van der Waals surface area contributed by atoms with Gasteiger partial charge in [0.15, 0.2) is 0 Å². The van der Waals surface area contributed by atoms with Gasteiger partial charge in [0.25, 0.3) is 5.91 Å². The van der Waals surface area contributed by atoms with Gasteiger partial charge in [0.05, 0.1) is 17.9 Å². The zero-order chi connectivity index (χ0) is 18.5. The van der Waals surface area contributed by atoms with E-state index in [2.05, 4.69) is 26.3 Å². The Hall–Kier alpha value is -2.60. The van der Waals surface area contributed by atoms with Crippen molar-refractivity contribution in [1.82, 2.24) is 15.1 Å². The van der Waals surface area contributed by atoms with Gasteiger partial charge in [-0.3, -0.25) is 9.48 Å². The highest BCUT2D eigenvalue weighted by Gasteiger charge is 2.08. The first kappa shape index (κ1) is 18.2. The van der Waals surface area contributed by atoms with Crippen LogP contribution in [0.25, 0.3) is 0 Å². The third kappa shape index (κ3) is 4.73. The Morgan fingerprint density at radius 2 is 2.00 bits per heavy atom. The molecule has 5 nitrogen and oxygen atoms in total. The summed E-state index contributed by atoms with van der Waals surface area (Å²) in [4.78, 5) is 12.4. The molecule has 1 heterocycles. The number of ether oxygens (including phenoxy) is 1. The number of nitrogens with one attached hydrogen (secondary N) is 1. The van der Waals surface area contributed by atoms with Crippen molar-refractivity contribution in [2.75, 3.05) is 0 Å². The predicted octanol–water partition coefficient (Wildman–Crippen LogP) is 4.00. The Morgan fingerprint density at radius 3 is 2.73 bits per heavy atom. The molecule has 1 N–H and O–H groups in total. The van der Waals surface area contributed by atoms with Crippen LogP contribution in [-0.2, 0) is 20.2 Å². The molecule has 2 aromatic carbocycles. The summed E-state index contributed by atoms with van der Waals surface area (Å²) < 4.78 is 8.52. The molecule has 1 amide bonds. The quantitative estimate of drug-likeness (QED) is 0.664. The van der Waals surface area contributed by atoms with Crippen LogP contribution >= 0.6 is 15.9 Å². The molecule has 0 bridgehead atoms. The van der Waals surface area contributed by atoms with E-state index in [1.165, 1.54) is 0 Å². The van der Waals surface area contributed by atoms with Gasteiger partial charge in [0.1, 0.15) is 12.4 Å². The summed E-state index contributed by atoms with van der Waals surface area (Å²) in [7, 11) is 1.87. The van der Waals surface area contributed by atoms with E-state index in [1.54, 1.807) is 10.7 Å². The highest BCUT2D eigenvalue weighted by atomic mass is 79.9. The first-order valence-electron chi connectivity index (χ1n) is 8.26. The first-order valence-corrected chi connectivity index (χ1v) is 9.05. The molecule has 0 unspecified atom stereocenters. The van der Waals surface area contributed by atoms with Crippen LogP contribution in [0.1, 0.15) is 27.3 Å². The molecule has 0 atom stereocenters. The van der Waals surface area contributed by atoms with Gasteiger partial charge < -0.3 is 10.1 Å². The van der Waals surface area contributed by atoms with Gasteiger partial charge in [-0.05, 0) is 48.9 Å². The van der Waals surface area contributed by atoms with Crippen LogP contribution in [0.4, 0.5) is 0 Å². The summed E-state index contributed by atoms with van der Waals surface area (Å²) in [6, 6.07) is 17.1. The SMILES string of the molecule is Cc1cc(CNC(=O)c2cccc(COc3cccc(Br)c3)c2)n(C)n1. The zero-order valence-electron chi connectivity index (χ0n) is 14.7. The van der Waals surface area contributed by atoms with Gasteiger partial charge in [-0.2, -0.15) is 5.10 Å². The number of benzene rings is 2. The monoisotopic (exact) mass is 413 g/mol. The van der Waals surface area contributed by atoms with Gasteiger partial charge in [0.2, 0.25) is 0 Å². The average Bonchev–Trinajstić information content (AvgIpc) is 2.95. The fourth-order valence-corrected chi connectivity index (χ4v) is 3.01. The van der Waals surface area contributed by atoms with Gasteiger partial charge in [-0.25, -0.2) is 0 Å². The van der Waals surface area contributed by atoms with Crippen molar-refractivity contribution >= 4 is 21.8 Å². The Bertz CT molecular complexity index is 921. The second-order valence-electron chi connectivity index (χ2n) is 6.03. The molecule has 0 saturated carbocycles. The number of carbonyl (C=O) groups is 1. The van der Waals surface area contributed by atoms with E-state index in [0.717, 1.165) is 27.2 Å². The lowest BCUT2D eigenvalue weighted by Gasteiger charge is -2.09. The minimum atomic E-state index is -0.117. The Labute approximate surface area is 161 Å². The largest absolute Gasteiger partial charge is 0.489 e. The molecule has 0 fully saturated rings. The molecule has 0 aliphatic carbocycles. The molecule has 0 saturated heterocycles. The van der Waals surface area contributed by atoms with E-state index in [-0.39, 0.29) is 5.91 Å². The van der Waals surface area contributed by atoms with Crippen molar-refractivity contribution in [2.24, 2.45) is 7.05 Å². The number of nitrogens with zero attached hydrogens (tertiary/aromatic N) is 2. The van der Waals surface area contributed by atoms with Crippen molar-refractivity contribution in [3.8, 4) is 5.75 Å². The van der Waals surface area contributed by atoms with Crippen LogP contribution in [0.2, 0.25) is 0 Å². The summed E-state index contributed by atoms with van der Waals surface area (Å²) in [5.41, 5.74) is 3.45. The zero-order valence-corrected chi connectivity index (χ0v) is 16.3. The highest BCUT2D eigenvalue weighted by Crippen LogP contribution is 2.19. The van der Waals surface area contributed by atoms with Crippen LogP contribution in [0.3, 0.4) is 0 Å². The maximum absolute atomic E-state index is 12.4. The van der Waals surface area contributed by atoms with E-state index in [4.69, 9.17) is 4.74 Å². The molecular weight excluding hydrogens is 394 g/mol. The Balaban J connectivity index is 1.61. The normalized spacial score (nSPS) is 10.6. The number of hydrogen-bond donors (Lipinski definition) is 1. The summed E-state index contributed by atoms with van der Waals surface area (Å²) >= 11 is 3.42. The van der Waals surface area contributed by atoms with E-state index in [1.807, 2.05) is 62.5 Å². The number of carbonyl (C=O) groups excluding carboxylic acids is 1. The van der Waals surface area contributed by atoms with Crippen molar-refractivity contribution in [3.63, 3.8) is 0 Å². The topological polar surface area (TPSA) is 56.1 Å². The molecule has 6 heteroatoms. The van der Waals surface area contributed by atoms with E-state index in [9.17, 15) is 4.79 Å². The van der Waals surface area contributed by atoms with Crippen molar-refractivity contribution in [2.45, 2.75) is 20.1 Å². The molecule has 1 aromatic heterocycles. The number of aromatic nitrogens is 2. The summed E-state index contributed by atoms with van der Waals surface area (Å²) in [5, 5.41) is 7.21. The molecule has 134 valence electrons. The minimum Gasteiger partial charge on any atom is -0.489 e. The third-order valence-corrected chi connectivity index (χ3v) is 4.41. The molecule has 3 rings (SSSR count). The van der Waals surface area contributed by atoms with Crippen LogP contribution in [0, 0.1) is 6.92 Å². The maximum Gasteiger partial charge on any atom is 0.251 e. The molecule has 0 aliphatic heterocycles. The van der Waals surface area contributed by atoms with Gasteiger partial charge in [-0.1, -0.05) is 34.1 Å². The van der Waals surface area contributed by atoms with E-state index in [0.29, 0.717) is 18.7 Å². The van der Waals surface area contributed by atoms with Gasteiger partial charge >= 0.3 is 0 Å². The van der Waals surface area contributed by atoms with Crippen LogP contribution in [-0.4, -0.2) is 15.7 Å². The number of halogens is 1. The number of aryl methyl sites for hydroxylation is 2. The fraction of sp³-hybridized carbons (Fsp3) is 0.200. The average molecular weight is 414 g/mol. The molecular formula is C20H20BrN3O2. The number of amides is 1. The van der Waals surface area contributed by atoms with E-state index >= 15 is 0 Å². The molecule has 3 aromatic rings. The van der Waals surface area contributed by atoms with Crippen molar-refractivity contribution in [1.29, 1.82) is 0 Å². The summed E-state index contributed by atoms with van der Waals surface area (Å²) in [6.07, 6.45) is 0. The second-order valence-corrected chi connectivity index (χ2v) is 6.95. The van der Waals surface area contributed by atoms with E-state index < -0.39 is 0 Å². The fourth-order valence-electron chi connectivity index (χ4n) is 2.63. The Morgan fingerprint density at radius 1 is 1.19 bits per heavy atom. The lowest BCUT2D eigenvalue weighted by molar-refractivity contribution is 0.0950. The summed E-state index contributed by atoms with van der Waals surface area (Å²) in [5.74, 6) is 0.661. The first-order chi connectivity index (χ1) is 12.5. The predicted molar refractivity (Wildman–Crippen MR) is 104 cm³/mol. The van der Waals surface area contributed by atoms with Crippen molar-refractivity contribution in [3.05, 3.63) is 81.6 Å². The third-order valence-electron chi connectivity index (χ3n) is 3.92. The number of rotatable bonds is 6. The van der Waals surface area contributed by atoms with Crippen LogP contribution in [0.5, 0.6) is 5.75 Å². The lowest BCUT2D eigenvalue weighted by Crippen LogP contribution is -2.24. The maximum atomic E-state index is 12.4. The minimum absolute atomic E-state index is 0.117. The smallest absolute Gasteiger partial charge is 0.251 e. The van der Waals surface area contributed by atoms with Gasteiger partial charge in [-0.15, -0.1) is 0 Å². The lowest BCUT2D eigenvalue weighted by atomic mass is 10.1. The second kappa shape index (κ2) is 8.19. The van der Waals surface area contributed by atoms with Crippen molar-refractivity contribution < 1.29 is 9.53 Å². The Kier molecular flexibility index (Phi) is 5.73.